The quantitative estimate of drug-likeness (QED) is 0.732. The van der Waals surface area contributed by atoms with Gasteiger partial charge in [0.15, 0.2) is 0 Å². The molecule has 6 nitrogen and oxygen atoms in total. The first kappa shape index (κ1) is 10.1. The van der Waals surface area contributed by atoms with Crippen LogP contribution in [0.2, 0.25) is 0 Å². The summed E-state index contributed by atoms with van der Waals surface area (Å²) in [5, 5.41) is 20.1. The van der Waals surface area contributed by atoms with Crippen LogP contribution in [0.1, 0.15) is 5.56 Å². The smallest absolute Gasteiger partial charge is 0.249 e. The minimum Gasteiger partial charge on any atom is -0.345 e. The van der Waals surface area contributed by atoms with Crippen LogP contribution in [0.4, 0.5) is 5.95 Å². The minimum atomic E-state index is 0.614. The number of hydrogen-bond donors (Lipinski definition) is 0. The van der Waals surface area contributed by atoms with Gasteiger partial charge in [-0.3, -0.25) is 0 Å². The third kappa shape index (κ3) is 1.70. The SMILES string of the molecule is CN(C)c1nnnn1-c1ccc(C#N)cc1. The number of anilines is 1. The van der Waals surface area contributed by atoms with Gasteiger partial charge in [-0.25, -0.2) is 0 Å². The molecular formula is C10H10N6. The van der Waals surface area contributed by atoms with Crippen LogP contribution in [0.15, 0.2) is 24.3 Å². The van der Waals surface area contributed by atoms with E-state index in [-0.39, 0.29) is 0 Å². The van der Waals surface area contributed by atoms with Crippen LogP contribution < -0.4 is 4.90 Å². The maximum absolute atomic E-state index is 8.70. The predicted octanol–water partition coefficient (Wildman–Crippen LogP) is 0.600. The highest BCUT2D eigenvalue weighted by atomic mass is 15.6. The van der Waals surface area contributed by atoms with E-state index in [1.165, 1.54) is 0 Å². The second-order valence-electron chi connectivity index (χ2n) is 3.44. The molecule has 0 amide bonds. The predicted molar refractivity (Wildman–Crippen MR) is 58.2 cm³/mol. The second kappa shape index (κ2) is 3.98. The van der Waals surface area contributed by atoms with Crippen LogP contribution in [-0.4, -0.2) is 34.3 Å². The maximum atomic E-state index is 8.70. The molecule has 0 aliphatic rings. The Bertz CT molecular complexity index is 519. The number of aromatic nitrogens is 4. The van der Waals surface area contributed by atoms with Crippen molar-refractivity contribution in [2.75, 3.05) is 19.0 Å². The molecule has 1 aromatic carbocycles. The summed E-state index contributed by atoms with van der Waals surface area (Å²) in [6.45, 7) is 0. The molecule has 0 unspecified atom stereocenters. The first-order valence-corrected chi connectivity index (χ1v) is 4.68. The Morgan fingerprint density at radius 2 is 1.94 bits per heavy atom. The second-order valence-corrected chi connectivity index (χ2v) is 3.44. The van der Waals surface area contributed by atoms with Crippen molar-refractivity contribution >= 4 is 5.95 Å². The van der Waals surface area contributed by atoms with Gasteiger partial charge in [0, 0.05) is 14.1 Å². The van der Waals surface area contributed by atoms with Crippen molar-refractivity contribution in [1.29, 1.82) is 5.26 Å². The first-order chi connectivity index (χ1) is 7.72. The normalized spacial score (nSPS) is 9.81. The molecule has 2 rings (SSSR count). The monoisotopic (exact) mass is 214 g/mol. The van der Waals surface area contributed by atoms with Gasteiger partial charge in [-0.05, 0) is 34.7 Å². The number of tetrazole rings is 1. The highest BCUT2D eigenvalue weighted by Crippen LogP contribution is 2.13. The van der Waals surface area contributed by atoms with Gasteiger partial charge in [-0.1, -0.05) is 5.10 Å². The molecule has 0 radical (unpaired) electrons. The fourth-order valence-electron chi connectivity index (χ4n) is 1.31. The van der Waals surface area contributed by atoms with Crippen molar-refractivity contribution in [3.8, 4) is 11.8 Å². The molecule has 0 saturated carbocycles. The molecular weight excluding hydrogens is 204 g/mol. The van der Waals surface area contributed by atoms with E-state index in [1.807, 2.05) is 31.1 Å². The van der Waals surface area contributed by atoms with Crippen molar-refractivity contribution in [1.82, 2.24) is 20.2 Å². The molecule has 6 heteroatoms. The molecule has 0 N–H and O–H groups in total. The summed E-state index contributed by atoms with van der Waals surface area (Å²) < 4.78 is 1.61. The lowest BCUT2D eigenvalue weighted by Gasteiger charge is -2.10. The lowest BCUT2D eigenvalue weighted by molar-refractivity contribution is 0.784. The van der Waals surface area contributed by atoms with Crippen LogP contribution in [0, 0.1) is 11.3 Å². The van der Waals surface area contributed by atoms with Gasteiger partial charge < -0.3 is 4.90 Å². The Hall–Kier alpha value is -2.42. The van der Waals surface area contributed by atoms with Gasteiger partial charge in [0.2, 0.25) is 5.95 Å². The van der Waals surface area contributed by atoms with E-state index in [0.29, 0.717) is 11.5 Å². The molecule has 0 saturated heterocycles. The van der Waals surface area contributed by atoms with E-state index < -0.39 is 0 Å². The lowest BCUT2D eigenvalue weighted by atomic mass is 10.2. The molecule has 80 valence electrons. The average molecular weight is 214 g/mol. The van der Waals surface area contributed by atoms with Gasteiger partial charge >= 0.3 is 0 Å². The lowest BCUT2D eigenvalue weighted by Crippen LogP contribution is -2.15. The van der Waals surface area contributed by atoms with E-state index in [1.54, 1.807) is 16.8 Å². The van der Waals surface area contributed by atoms with Crippen molar-refractivity contribution < 1.29 is 0 Å². The molecule has 16 heavy (non-hydrogen) atoms. The number of benzene rings is 1. The Morgan fingerprint density at radius 1 is 1.25 bits per heavy atom. The van der Waals surface area contributed by atoms with Gasteiger partial charge in [0.1, 0.15) is 0 Å². The first-order valence-electron chi connectivity index (χ1n) is 4.68. The van der Waals surface area contributed by atoms with E-state index in [4.69, 9.17) is 5.26 Å². The van der Waals surface area contributed by atoms with E-state index in [0.717, 1.165) is 5.69 Å². The number of rotatable bonds is 2. The van der Waals surface area contributed by atoms with Crippen molar-refractivity contribution in [3.63, 3.8) is 0 Å². The maximum Gasteiger partial charge on any atom is 0.249 e. The summed E-state index contributed by atoms with van der Waals surface area (Å²) in [6, 6.07) is 9.15. The Kier molecular flexibility index (Phi) is 2.52. The summed E-state index contributed by atoms with van der Waals surface area (Å²) in [4.78, 5) is 1.82. The summed E-state index contributed by atoms with van der Waals surface area (Å²) in [5.74, 6) is 0.643. The molecule has 2 aromatic rings. The van der Waals surface area contributed by atoms with Crippen LogP contribution in [-0.2, 0) is 0 Å². The highest BCUT2D eigenvalue weighted by Gasteiger charge is 2.09. The zero-order chi connectivity index (χ0) is 11.5. The molecule has 0 aliphatic carbocycles. The molecule has 0 bridgehead atoms. The van der Waals surface area contributed by atoms with Gasteiger partial charge in [-0.2, -0.15) is 9.94 Å². The molecule has 1 heterocycles. The third-order valence-corrected chi connectivity index (χ3v) is 2.09. The van der Waals surface area contributed by atoms with Crippen molar-refractivity contribution in [3.05, 3.63) is 29.8 Å². The van der Waals surface area contributed by atoms with E-state index >= 15 is 0 Å². The van der Waals surface area contributed by atoms with E-state index in [2.05, 4.69) is 21.6 Å². The number of nitrogens with zero attached hydrogens (tertiary/aromatic N) is 6. The van der Waals surface area contributed by atoms with Crippen molar-refractivity contribution in [2.24, 2.45) is 0 Å². The fourth-order valence-corrected chi connectivity index (χ4v) is 1.31. The van der Waals surface area contributed by atoms with Crippen LogP contribution in [0.25, 0.3) is 5.69 Å². The van der Waals surface area contributed by atoms with Gasteiger partial charge in [-0.15, -0.1) is 0 Å². The Balaban J connectivity index is 2.43. The summed E-state index contributed by atoms with van der Waals surface area (Å²) in [5.41, 5.74) is 1.44. The zero-order valence-electron chi connectivity index (χ0n) is 8.99. The standard InChI is InChI=1S/C10H10N6/c1-15(2)10-12-13-14-16(10)9-5-3-8(7-11)4-6-9/h3-6H,1-2H3. The largest absolute Gasteiger partial charge is 0.345 e. The number of nitriles is 1. The van der Waals surface area contributed by atoms with Crippen LogP contribution in [0.3, 0.4) is 0 Å². The third-order valence-electron chi connectivity index (χ3n) is 2.09. The zero-order valence-corrected chi connectivity index (χ0v) is 8.99. The Labute approximate surface area is 92.7 Å². The molecule has 1 aromatic heterocycles. The van der Waals surface area contributed by atoms with Crippen LogP contribution >= 0.6 is 0 Å². The highest BCUT2D eigenvalue weighted by molar-refractivity contribution is 5.43. The Morgan fingerprint density at radius 3 is 2.50 bits per heavy atom. The van der Waals surface area contributed by atoms with Crippen LogP contribution in [0.5, 0.6) is 0 Å². The number of hydrogen-bond acceptors (Lipinski definition) is 5. The van der Waals surface area contributed by atoms with Gasteiger partial charge in [0.25, 0.3) is 0 Å². The molecule has 0 atom stereocenters. The molecule has 0 fully saturated rings. The summed E-state index contributed by atoms with van der Waals surface area (Å²) in [6.07, 6.45) is 0. The molecule has 0 aliphatic heterocycles. The van der Waals surface area contributed by atoms with Crippen molar-refractivity contribution in [2.45, 2.75) is 0 Å². The average Bonchev–Trinajstić information content (AvgIpc) is 2.78. The van der Waals surface area contributed by atoms with E-state index in [9.17, 15) is 0 Å². The topological polar surface area (TPSA) is 70.6 Å². The van der Waals surface area contributed by atoms with Gasteiger partial charge in [0.05, 0.1) is 17.3 Å². The minimum absolute atomic E-state index is 0.614. The fraction of sp³-hybridized carbons (Fsp3) is 0.200. The molecule has 0 spiro atoms. The summed E-state index contributed by atoms with van der Waals surface area (Å²) in [7, 11) is 3.73. The summed E-state index contributed by atoms with van der Waals surface area (Å²) >= 11 is 0.